The topological polar surface area (TPSA) is 66.0 Å². The largest absolute Gasteiger partial charge is 0.367 e. The van der Waals surface area contributed by atoms with Gasteiger partial charge in [-0.05, 0) is 25.5 Å². The molecule has 2 heterocycles. The zero-order valence-corrected chi connectivity index (χ0v) is 15.0. The van der Waals surface area contributed by atoms with E-state index in [0.29, 0.717) is 29.0 Å². The van der Waals surface area contributed by atoms with Crippen LogP contribution < -0.4 is 16.0 Å². The molecule has 0 aromatic carbocycles. The summed E-state index contributed by atoms with van der Waals surface area (Å²) in [4.78, 5) is 15.9. The minimum atomic E-state index is -0.0546. The summed E-state index contributed by atoms with van der Waals surface area (Å²) in [5.41, 5.74) is 0. The summed E-state index contributed by atoms with van der Waals surface area (Å²) >= 11 is 11.8. The number of hydrogen-bond donors (Lipinski definition) is 3. The number of nitrogens with zero attached hydrogens (tertiary/aromatic N) is 1. The number of piperidine rings is 1. The Morgan fingerprint density at radius 2 is 2.09 bits per heavy atom. The van der Waals surface area contributed by atoms with Gasteiger partial charge in [0.25, 0.3) is 0 Å². The minimum Gasteiger partial charge on any atom is -0.367 e. The lowest BCUT2D eigenvalue weighted by Crippen LogP contribution is -2.47. The first-order chi connectivity index (χ1) is 9.66. The van der Waals surface area contributed by atoms with E-state index in [-0.39, 0.29) is 36.8 Å². The van der Waals surface area contributed by atoms with E-state index >= 15 is 0 Å². The van der Waals surface area contributed by atoms with Gasteiger partial charge in [0.2, 0.25) is 5.91 Å². The maximum atomic E-state index is 11.9. The third-order valence-electron chi connectivity index (χ3n) is 3.15. The molecule has 0 radical (unpaired) electrons. The molecule has 22 heavy (non-hydrogen) atoms. The van der Waals surface area contributed by atoms with Crippen molar-refractivity contribution in [1.29, 1.82) is 0 Å². The number of pyridine rings is 1. The van der Waals surface area contributed by atoms with Crippen LogP contribution in [0.5, 0.6) is 0 Å². The molecule has 0 saturated carbocycles. The van der Waals surface area contributed by atoms with Crippen molar-refractivity contribution in [2.45, 2.75) is 25.3 Å². The zero-order valence-electron chi connectivity index (χ0n) is 11.9. The Bertz CT molecular complexity index is 469. The van der Waals surface area contributed by atoms with E-state index in [4.69, 9.17) is 23.2 Å². The van der Waals surface area contributed by atoms with Crippen LogP contribution in [0.15, 0.2) is 12.3 Å². The Kier molecular flexibility index (Phi) is 10.9. The molecule has 1 aliphatic heterocycles. The van der Waals surface area contributed by atoms with Gasteiger partial charge in [0.15, 0.2) is 0 Å². The Morgan fingerprint density at radius 1 is 1.32 bits per heavy atom. The van der Waals surface area contributed by atoms with Crippen LogP contribution in [-0.2, 0) is 4.79 Å². The molecule has 1 saturated heterocycles. The molecule has 0 aliphatic carbocycles. The van der Waals surface area contributed by atoms with Crippen molar-refractivity contribution in [3.8, 4) is 0 Å². The number of carbonyl (C=O) groups excluding carboxylic acids is 1. The van der Waals surface area contributed by atoms with Crippen LogP contribution in [0.1, 0.15) is 19.3 Å². The number of hydrogen-bond acceptors (Lipinski definition) is 4. The Labute approximate surface area is 152 Å². The molecule has 1 aromatic heterocycles. The number of halogens is 4. The normalized spacial score (nSPS) is 16.9. The SMILES string of the molecule is Cl.Cl.O=C(NCCNc1ncc(Cl)cc1Cl)[C@H]1CCCCN1. The molecule has 1 amide bonds. The molecular weight excluding hydrogens is 370 g/mol. The maximum Gasteiger partial charge on any atom is 0.237 e. The van der Waals surface area contributed by atoms with Gasteiger partial charge in [-0.1, -0.05) is 29.6 Å². The number of rotatable bonds is 5. The average Bonchev–Trinajstić information content (AvgIpc) is 2.46. The highest BCUT2D eigenvalue weighted by atomic mass is 35.5. The van der Waals surface area contributed by atoms with E-state index in [1.165, 1.54) is 6.20 Å². The van der Waals surface area contributed by atoms with Gasteiger partial charge in [-0.25, -0.2) is 4.98 Å². The van der Waals surface area contributed by atoms with E-state index in [9.17, 15) is 4.79 Å². The third kappa shape index (κ3) is 6.75. The van der Waals surface area contributed by atoms with E-state index in [2.05, 4.69) is 20.9 Å². The summed E-state index contributed by atoms with van der Waals surface area (Å²) in [6, 6.07) is 1.57. The Balaban J connectivity index is 0.00000220. The van der Waals surface area contributed by atoms with Crippen LogP contribution in [0, 0.1) is 0 Å². The second kappa shape index (κ2) is 11.1. The minimum absolute atomic E-state index is 0. The number of carbonyl (C=O) groups is 1. The summed E-state index contributed by atoms with van der Waals surface area (Å²) in [5.74, 6) is 0.628. The van der Waals surface area contributed by atoms with Crippen molar-refractivity contribution in [2.75, 3.05) is 25.0 Å². The molecule has 0 bridgehead atoms. The number of anilines is 1. The van der Waals surface area contributed by atoms with Gasteiger partial charge in [0.1, 0.15) is 5.82 Å². The molecule has 3 N–H and O–H groups in total. The first-order valence-corrected chi connectivity index (χ1v) is 7.48. The standard InChI is InChI=1S/C13H18Cl2N4O.2ClH/c14-9-7-10(15)12(19-8-9)17-5-6-18-13(20)11-3-1-2-4-16-11;;/h7-8,11,16H,1-6H2,(H,17,19)(H,18,20);2*1H/t11-;;/m1../s1. The molecule has 5 nitrogen and oxygen atoms in total. The molecule has 1 aromatic rings. The smallest absolute Gasteiger partial charge is 0.237 e. The predicted molar refractivity (Wildman–Crippen MR) is 95.9 cm³/mol. The Hall–Kier alpha value is -0.460. The third-order valence-corrected chi connectivity index (χ3v) is 3.65. The highest BCUT2D eigenvalue weighted by Gasteiger charge is 2.19. The molecule has 2 rings (SSSR count). The predicted octanol–water partition coefficient (Wildman–Crippen LogP) is 2.90. The van der Waals surface area contributed by atoms with Crippen molar-refractivity contribution >= 4 is 59.7 Å². The lowest BCUT2D eigenvalue weighted by molar-refractivity contribution is -0.123. The molecule has 126 valence electrons. The first-order valence-electron chi connectivity index (χ1n) is 6.73. The van der Waals surface area contributed by atoms with Gasteiger partial charge in [0, 0.05) is 19.3 Å². The summed E-state index contributed by atoms with van der Waals surface area (Å²) in [5, 5.41) is 10.1. The monoisotopic (exact) mass is 388 g/mol. The maximum absolute atomic E-state index is 11.9. The molecule has 0 unspecified atom stereocenters. The molecular formula is C13H20Cl4N4O. The van der Waals surface area contributed by atoms with Gasteiger partial charge in [-0.15, -0.1) is 24.8 Å². The van der Waals surface area contributed by atoms with Crippen molar-refractivity contribution in [3.63, 3.8) is 0 Å². The summed E-state index contributed by atoms with van der Waals surface area (Å²) in [6.45, 7) is 2.01. The summed E-state index contributed by atoms with van der Waals surface area (Å²) in [6.07, 6.45) is 4.68. The lowest BCUT2D eigenvalue weighted by Gasteiger charge is -2.22. The van der Waals surface area contributed by atoms with E-state index < -0.39 is 0 Å². The fourth-order valence-electron chi connectivity index (χ4n) is 2.11. The van der Waals surface area contributed by atoms with Gasteiger partial charge in [-0.3, -0.25) is 4.79 Å². The molecule has 1 fully saturated rings. The number of nitrogens with one attached hydrogen (secondary N) is 3. The average molecular weight is 390 g/mol. The van der Waals surface area contributed by atoms with E-state index in [1.54, 1.807) is 6.07 Å². The van der Waals surface area contributed by atoms with E-state index in [1.807, 2.05) is 0 Å². The molecule has 9 heteroatoms. The van der Waals surface area contributed by atoms with Crippen LogP contribution in [-0.4, -0.2) is 36.6 Å². The zero-order chi connectivity index (χ0) is 14.4. The molecule has 1 aliphatic rings. The fourth-order valence-corrected chi connectivity index (χ4v) is 2.56. The fraction of sp³-hybridized carbons (Fsp3) is 0.538. The highest BCUT2D eigenvalue weighted by Crippen LogP contribution is 2.21. The van der Waals surface area contributed by atoms with Crippen molar-refractivity contribution < 1.29 is 4.79 Å². The van der Waals surface area contributed by atoms with Crippen molar-refractivity contribution in [2.24, 2.45) is 0 Å². The highest BCUT2D eigenvalue weighted by molar-refractivity contribution is 6.35. The van der Waals surface area contributed by atoms with Crippen LogP contribution >= 0.6 is 48.0 Å². The number of aromatic nitrogens is 1. The first kappa shape index (κ1) is 21.5. The second-order valence-corrected chi connectivity index (χ2v) is 5.55. The van der Waals surface area contributed by atoms with Gasteiger partial charge < -0.3 is 16.0 Å². The second-order valence-electron chi connectivity index (χ2n) is 4.70. The Morgan fingerprint density at radius 3 is 2.73 bits per heavy atom. The molecule has 1 atom stereocenters. The number of amides is 1. The van der Waals surface area contributed by atoms with Crippen LogP contribution in [0.4, 0.5) is 5.82 Å². The van der Waals surface area contributed by atoms with Crippen LogP contribution in [0.2, 0.25) is 10.0 Å². The van der Waals surface area contributed by atoms with E-state index in [0.717, 1.165) is 25.8 Å². The van der Waals surface area contributed by atoms with Crippen LogP contribution in [0.3, 0.4) is 0 Å². The lowest BCUT2D eigenvalue weighted by atomic mass is 10.0. The van der Waals surface area contributed by atoms with Gasteiger partial charge >= 0.3 is 0 Å². The quantitative estimate of drug-likeness (QED) is 0.677. The van der Waals surface area contributed by atoms with Gasteiger partial charge in [-0.2, -0.15) is 0 Å². The van der Waals surface area contributed by atoms with Crippen molar-refractivity contribution in [1.82, 2.24) is 15.6 Å². The summed E-state index contributed by atoms with van der Waals surface area (Å²) in [7, 11) is 0. The summed E-state index contributed by atoms with van der Waals surface area (Å²) < 4.78 is 0. The molecule has 0 spiro atoms. The van der Waals surface area contributed by atoms with Crippen molar-refractivity contribution in [3.05, 3.63) is 22.3 Å². The van der Waals surface area contributed by atoms with Crippen LogP contribution in [0.25, 0.3) is 0 Å². The van der Waals surface area contributed by atoms with Gasteiger partial charge in [0.05, 0.1) is 16.1 Å².